The SMILES string of the molecule is C=Cc1ccccc1OP(O)O. The van der Waals surface area contributed by atoms with E-state index in [4.69, 9.17) is 14.3 Å². The summed E-state index contributed by atoms with van der Waals surface area (Å²) >= 11 is 0. The van der Waals surface area contributed by atoms with E-state index in [-0.39, 0.29) is 0 Å². The third-order valence-corrected chi connectivity index (χ3v) is 1.68. The average Bonchev–Trinajstić information content (AvgIpc) is 2.04. The molecule has 0 heterocycles. The van der Waals surface area contributed by atoms with Gasteiger partial charge in [-0.3, -0.25) is 0 Å². The van der Waals surface area contributed by atoms with Crippen LogP contribution in [0.3, 0.4) is 0 Å². The highest BCUT2D eigenvalue weighted by molar-refractivity contribution is 7.39. The van der Waals surface area contributed by atoms with Crippen molar-refractivity contribution >= 4 is 14.7 Å². The molecule has 3 nitrogen and oxygen atoms in total. The zero-order chi connectivity index (χ0) is 8.97. The third-order valence-electron chi connectivity index (χ3n) is 1.32. The number of benzene rings is 1. The van der Waals surface area contributed by atoms with Crippen molar-refractivity contribution in [2.75, 3.05) is 0 Å². The van der Waals surface area contributed by atoms with Crippen LogP contribution >= 0.6 is 8.60 Å². The number of hydrogen-bond acceptors (Lipinski definition) is 3. The molecular weight excluding hydrogens is 175 g/mol. The molecule has 0 aliphatic rings. The molecule has 0 bridgehead atoms. The van der Waals surface area contributed by atoms with Crippen LogP contribution in [-0.2, 0) is 0 Å². The standard InChI is InChI=1S/C8H9O3P/c1-2-7-5-3-4-6-8(7)11-12(9)10/h2-6,9-10H,1H2. The lowest BCUT2D eigenvalue weighted by atomic mass is 10.2. The fourth-order valence-corrected chi connectivity index (χ4v) is 1.16. The van der Waals surface area contributed by atoms with E-state index in [2.05, 4.69) is 6.58 Å². The van der Waals surface area contributed by atoms with Gasteiger partial charge in [0.1, 0.15) is 5.75 Å². The first-order valence-corrected chi connectivity index (χ1v) is 4.48. The summed E-state index contributed by atoms with van der Waals surface area (Å²) in [6.07, 6.45) is 1.59. The normalized spacial score (nSPS) is 9.92. The summed E-state index contributed by atoms with van der Waals surface area (Å²) in [4.78, 5) is 17.2. The second-order valence-corrected chi connectivity index (χ2v) is 2.77. The van der Waals surface area contributed by atoms with Gasteiger partial charge in [0.15, 0.2) is 0 Å². The van der Waals surface area contributed by atoms with Crippen molar-refractivity contribution in [3.05, 3.63) is 36.4 Å². The van der Waals surface area contributed by atoms with Gasteiger partial charge in [-0.05, 0) is 6.07 Å². The van der Waals surface area contributed by atoms with E-state index in [0.717, 1.165) is 5.56 Å². The van der Waals surface area contributed by atoms with Crippen LogP contribution in [0, 0.1) is 0 Å². The van der Waals surface area contributed by atoms with Crippen LogP contribution in [0.1, 0.15) is 5.56 Å². The minimum absolute atomic E-state index is 0.434. The summed E-state index contributed by atoms with van der Waals surface area (Å²) in [5.74, 6) is 0.434. The van der Waals surface area contributed by atoms with E-state index in [9.17, 15) is 0 Å². The zero-order valence-electron chi connectivity index (χ0n) is 6.34. The molecule has 4 heteroatoms. The predicted molar refractivity (Wildman–Crippen MR) is 48.5 cm³/mol. The molecule has 0 fully saturated rings. The highest BCUT2D eigenvalue weighted by Crippen LogP contribution is 2.31. The molecule has 0 aliphatic heterocycles. The second-order valence-electron chi connectivity index (χ2n) is 2.09. The third kappa shape index (κ3) is 2.31. The van der Waals surface area contributed by atoms with Gasteiger partial charge in [-0.15, -0.1) is 0 Å². The van der Waals surface area contributed by atoms with Gasteiger partial charge in [0.2, 0.25) is 0 Å². The van der Waals surface area contributed by atoms with Gasteiger partial charge in [-0.25, -0.2) is 0 Å². The van der Waals surface area contributed by atoms with Gasteiger partial charge < -0.3 is 14.3 Å². The second kappa shape index (κ2) is 4.21. The molecule has 1 rings (SSSR count). The minimum Gasteiger partial charge on any atom is -0.426 e. The molecule has 0 saturated heterocycles. The fourth-order valence-electron chi connectivity index (χ4n) is 0.820. The van der Waals surface area contributed by atoms with Gasteiger partial charge >= 0.3 is 8.60 Å². The Kier molecular flexibility index (Phi) is 3.23. The highest BCUT2D eigenvalue weighted by atomic mass is 31.2. The van der Waals surface area contributed by atoms with Crippen LogP contribution in [0.2, 0.25) is 0 Å². The quantitative estimate of drug-likeness (QED) is 0.705. The van der Waals surface area contributed by atoms with Crippen LogP contribution < -0.4 is 4.52 Å². The molecule has 0 spiro atoms. The first-order valence-electron chi connectivity index (χ1n) is 3.31. The lowest BCUT2D eigenvalue weighted by molar-refractivity contribution is 0.375. The van der Waals surface area contributed by atoms with Crippen LogP contribution in [0.15, 0.2) is 30.8 Å². The first kappa shape index (κ1) is 9.20. The number of rotatable bonds is 3. The number of hydrogen-bond donors (Lipinski definition) is 2. The molecule has 0 saturated carbocycles. The smallest absolute Gasteiger partial charge is 0.391 e. The van der Waals surface area contributed by atoms with Gasteiger partial charge in [-0.2, -0.15) is 0 Å². The minimum atomic E-state index is -2.35. The maximum absolute atomic E-state index is 8.59. The van der Waals surface area contributed by atoms with Crippen molar-refractivity contribution < 1.29 is 14.3 Å². The Morgan fingerprint density at radius 1 is 1.33 bits per heavy atom. The molecule has 64 valence electrons. The molecule has 0 aromatic heterocycles. The molecule has 0 atom stereocenters. The van der Waals surface area contributed by atoms with Crippen LogP contribution in [0.25, 0.3) is 6.08 Å². The van der Waals surface area contributed by atoms with Crippen molar-refractivity contribution in [2.45, 2.75) is 0 Å². The molecule has 1 aromatic carbocycles. The molecule has 0 radical (unpaired) electrons. The average molecular weight is 184 g/mol. The maximum atomic E-state index is 8.59. The summed E-state index contributed by atoms with van der Waals surface area (Å²) in [6.45, 7) is 3.56. The Bertz CT molecular complexity index is 273. The van der Waals surface area contributed by atoms with Gasteiger partial charge in [-0.1, -0.05) is 30.9 Å². The molecule has 0 amide bonds. The van der Waals surface area contributed by atoms with E-state index in [0.29, 0.717) is 5.75 Å². The molecule has 0 unspecified atom stereocenters. The topological polar surface area (TPSA) is 49.7 Å². The highest BCUT2D eigenvalue weighted by Gasteiger charge is 2.04. The Balaban J connectivity index is 2.89. The maximum Gasteiger partial charge on any atom is 0.391 e. The van der Waals surface area contributed by atoms with Crippen molar-refractivity contribution in [1.29, 1.82) is 0 Å². The molecule has 12 heavy (non-hydrogen) atoms. The number of para-hydroxylation sites is 1. The summed E-state index contributed by atoms with van der Waals surface area (Å²) in [6, 6.07) is 7.00. The van der Waals surface area contributed by atoms with Crippen LogP contribution in [-0.4, -0.2) is 9.79 Å². The lowest BCUT2D eigenvalue weighted by Crippen LogP contribution is -1.87. The van der Waals surface area contributed by atoms with E-state index in [1.807, 2.05) is 6.07 Å². The molecule has 0 aliphatic carbocycles. The monoisotopic (exact) mass is 184 g/mol. The zero-order valence-corrected chi connectivity index (χ0v) is 7.24. The van der Waals surface area contributed by atoms with Crippen LogP contribution in [0.4, 0.5) is 0 Å². The summed E-state index contributed by atoms with van der Waals surface area (Å²) in [5, 5.41) is 0. The van der Waals surface area contributed by atoms with Crippen molar-refractivity contribution in [3.63, 3.8) is 0 Å². The Labute approximate surface area is 71.9 Å². The van der Waals surface area contributed by atoms with Crippen LogP contribution in [0.5, 0.6) is 5.75 Å². The van der Waals surface area contributed by atoms with Crippen molar-refractivity contribution in [3.8, 4) is 5.75 Å². The van der Waals surface area contributed by atoms with E-state index in [1.54, 1.807) is 24.3 Å². The molecular formula is C8H9O3P. The van der Waals surface area contributed by atoms with E-state index < -0.39 is 8.60 Å². The van der Waals surface area contributed by atoms with E-state index in [1.165, 1.54) is 0 Å². The predicted octanol–water partition coefficient (Wildman–Crippen LogP) is 1.92. The fraction of sp³-hybridized carbons (Fsp3) is 0. The van der Waals surface area contributed by atoms with Gasteiger partial charge in [0.25, 0.3) is 0 Å². The molecule has 1 aromatic rings. The Hall–Kier alpha value is -0.890. The van der Waals surface area contributed by atoms with Gasteiger partial charge in [0.05, 0.1) is 0 Å². The Morgan fingerprint density at radius 2 is 2.00 bits per heavy atom. The van der Waals surface area contributed by atoms with Gasteiger partial charge in [0, 0.05) is 5.56 Å². The van der Waals surface area contributed by atoms with Crippen molar-refractivity contribution in [1.82, 2.24) is 0 Å². The largest absolute Gasteiger partial charge is 0.426 e. The summed E-state index contributed by atoms with van der Waals surface area (Å²) in [7, 11) is -2.35. The molecule has 2 N–H and O–H groups in total. The van der Waals surface area contributed by atoms with E-state index >= 15 is 0 Å². The summed E-state index contributed by atoms with van der Waals surface area (Å²) in [5.41, 5.74) is 0.744. The Morgan fingerprint density at radius 3 is 2.58 bits per heavy atom. The van der Waals surface area contributed by atoms with Crippen molar-refractivity contribution in [2.24, 2.45) is 0 Å². The first-order chi connectivity index (χ1) is 5.74. The summed E-state index contributed by atoms with van der Waals surface area (Å²) < 4.78 is 4.74. The lowest BCUT2D eigenvalue weighted by Gasteiger charge is -2.07.